The number of carbonyl (C=O) groups excluding carboxylic acids is 1. The number of aldehydes is 1. The van der Waals surface area contributed by atoms with E-state index in [2.05, 4.69) is 0 Å². The van der Waals surface area contributed by atoms with Gasteiger partial charge in [-0.3, -0.25) is 4.79 Å². The van der Waals surface area contributed by atoms with Crippen LogP contribution in [0.25, 0.3) is 5.03 Å². The number of allylic oxidation sites excluding steroid dienone is 1. The monoisotopic (exact) mass is 210 g/mol. The maximum Gasteiger partial charge on any atom is 0.488 e. The van der Waals surface area contributed by atoms with Crippen LogP contribution in [0.15, 0.2) is 30.3 Å². The third-order valence-corrected chi connectivity index (χ3v) is 2.04. The molecule has 0 aliphatic rings. The van der Waals surface area contributed by atoms with E-state index in [1.807, 2.05) is 0 Å². The summed E-state index contributed by atoms with van der Waals surface area (Å²) in [7, 11) is -1.49. The molecule has 0 fully saturated rings. The van der Waals surface area contributed by atoms with Gasteiger partial charge in [0.15, 0.2) is 0 Å². The Hall–Kier alpha value is -1.10. The minimum atomic E-state index is -1.49. The zero-order valence-corrected chi connectivity index (χ0v) is 7.98. The quantitative estimate of drug-likeness (QED) is 0.424. The minimum Gasteiger partial charge on any atom is -0.423 e. The van der Waals surface area contributed by atoms with Gasteiger partial charge in [0.1, 0.15) is 6.29 Å². The first-order chi connectivity index (χ1) is 6.65. The Kier molecular flexibility index (Phi) is 3.89. The Morgan fingerprint density at radius 1 is 1.29 bits per heavy atom. The molecular formula is C9H8BClO3. The van der Waals surface area contributed by atoms with E-state index in [1.165, 1.54) is 18.2 Å². The van der Waals surface area contributed by atoms with Crippen molar-refractivity contribution in [2.75, 3.05) is 0 Å². The van der Waals surface area contributed by atoms with Crippen LogP contribution in [0.5, 0.6) is 0 Å². The highest BCUT2D eigenvalue weighted by atomic mass is 35.5. The van der Waals surface area contributed by atoms with E-state index in [-0.39, 0.29) is 0 Å². The Morgan fingerprint density at radius 2 is 1.86 bits per heavy atom. The van der Waals surface area contributed by atoms with E-state index >= 15 is 0 Å². The molecule has 0 spiro atoms. The largest absolute Gasteiger partial charge is 0.488 e. The van der Waals surface area contributed by atoms with Crippen LogP contribution in [0, 0.1) is 0 Å². The molecule has 72 valence electrons. The molecule has 0 unspecified atom stereocenters. The molecule has 0 radical (unpaired) electrons. The summed E-state index contributed by atoms with van der Waals surface area (Å²) in [5.74, 6) is 0. The zero-order valence-electron chi connectivity index (χ0n) is 7.22. The first kappa shape index (κ1) is 11.0. The maximum atomic E-state index is 10.1. The summed E-state index contributed by atoms with van der Waals surface area (Å²) in [6.07, 6.45) is 1.82. The van der Waals surface area contributed by atoms with Gasteiger partial charge in [-0.1, -0.05) is 35.9 Å². The summed E-state index contributed by atoms with van der Waals surface area (Å²) in [5.41, 5.74) is 1.03. The molecule has 5 heteroatoms. The standard InChI is InChI=1S/C9H8BClO3/c11-9(5-6-12)7-1-3-8(4-2-7)10(13)14/h1-6,13-14H/b9-5-. The maximum absolute atomic E-state index is 10.1. The van der Waals surface area contributed by atoms with Crippen molar-refractivity contribution in [3.8, 4) is 0 Å². The van der Waals surface area contributed by atoms with E-state index in [4.69, 9.17) is 21.6 Å². The third kappa shape index (κ3) is 2.70. The van der Waals surface area contributed by atoms with Crippen LogP contribution in [-0.2, 0) is 4.79 Å². The molecule has 1 rings (SSSR count). The van der Waals surface area contributed by atoms with Crippen molar-refractivity contribution in [1.29, 1.82) is 0 Å². The molecule has 0 aliphatic carbocycles. The molecule has 0 amide bonds. The number of rotatable bonds is 3. The number of hydrogen-bond donors (Lipinski definition) is 2. The topological polar surface area (TPSA) is 57.5 Å². The van der Waals surface area contributed by atoms with Gasteiger partial charge in [0.2, 0.25) is 0 Å². The summed E-state index contributed by atoms with van der Waals surface area (Å²) in [4.78, 5) is 10.1. The van der Waals surface area contributed by atoms with Crippen molar-refractivity contribution >= 4 is 35.5 Å². The van der Waals surface area contributed by atoms with Gasteiger partial charge in [-0.15, -0.1) is 0 Å². The minimum absolute atomic E-state index is 0.318. The van der Waals surface area contributed by atoms with Gasteiger partial charge in [-0.2, -0.15) is 0 Å². The van der Waals surface area contributed by atoms with Gasteiger partial charge < -0.3 is 10.0 Å². The molecule has 0 saturated heterocycles. The molecule has 0 atom stereocenters. The molecule has 0 aromatic heterocycles. The SMILES string of the molecule is O=C/C=C(\Cl)c1ccc(B(O)O)cc1. The fourth-order valence-corrected chi connectivity index (χ4v) is 1.15. The van der Waals surface area contributed by atoms with E-state index in [0.29, 0.717) is 22.3 Å². The Bertz CT molecular complexity index is 346. The highest BCUT2D eigenvalue weighted by Gasteiger charge is 2.09. The molecule has 3 nitrogen and oxygen atoms in total. The Morgan fingerprint density at radius 3 is 2.29 bits per heavy atom. The second-order valence-electron chi connectivity index (χ2n) is 2.65. The highest BCUT2D eigenvalue weighted by Crippen LogP contribution is 2.16. The summed E-state index contributed by atoms with van der Waals surface area (Å²) in [5, 5.41) is 17.9. The molecular weight excluding hydrogens is 202 g/mol. The molecule has 2 N–H and O–H groups in total. The molecule has 0 aliphatic heterocycles. The van der Waals surface area contributed by atoms with Gasteiger partial charge in [0.05, 0.1) is 5.03 Å². The second-order valence-corrected chi connectivity index (χ2v) is 3.05. The smallest absolute Gasteiger partial charge is 0.423 e. The zero-order chi connectivity index (χ0) is 10.6. The van der Waals surface area contributed by atoms with Crippen molar-refractivity contribution in [2.24, 2.45) is 0 Å². The van der Waals surface area contributed by atoms with Crippen LogP contribution in [0.3, 0.4) is 0 Å². The molecule has 1 aromatic rings. The van der Waals surface area contributed by atoms with Crippen molar-refractivity contribution in [3.63, 3.8) is 0 Å². The lowest BCUT2D eigenvalue weighted by Gasteiger charge is -2.01. The lowest BCUT2D eigenvalue weighted by atomic mass is 9.80. The van der Waals surface area contributed by atoms with Crippen LogP contribution >= 0.6 is 11.6 Å². The summed E-state index contributed by atoms with van der Waals surface area (Å²) >= 11 is 5.74. The van der Waals surface area contributed by atoms with E-state index in [9.17, 15) is 4.79 Å². The van der Waals surface area contributed by atoms with Crippen molar-refractivity contribution < 1.29 is 14.8 Å². The Labute approximate surface area is 86.8 Å². The van der Waals surface area contributed by atoms with Gasteiger partial charge >= 0.3 is 7.12 Å². The number of hydrogen-bond acceptors (Lipinski definition) is 3. The average Bonchev–Trinajstić information content (AvgIpc) is 2.18. The summed E-state index contributed by atoms with van der Waals surface area (Å²) in [6.45, 7) is 0. The number of benzene rings is 1. The predicted octanol–water partition coefficient (Wildman–Crippen LogP) is 0.145. The van der Waals surface area contributed by atoms with Gasteiger partial charge in [0, 0.05) is 0 Å². The Balaban J connectivity index is 2.93. The lowest BCUT2D eigenvalue weighted by molar-refractivity contribution is -0.104. The van der Waals surface area contributed by atoms with Crippen LogP contribution in [0.2, 0.25) is 0 Å². The number of carbonyl (C=O) groups is 1. The van der Waals surface area contributed by atoms with Crippen molar-refractivity contribution in [3.05, 3.63) is 35.9 Å². The van der Waals surface area contributed by atoms with Crippen LogP contribution in [0.1, 0.15) is 5.56 Å². The lowest BCUT2D eigenvalue weighted by Crippen LogP contribution is -2.29. The van der Waals surface area contributed by atoms with E-state index in [0.717, 1.165) is 0 Å². The van der Waals surface area contributed by atoms with Crippen LogP contribution in [0.4, 0.5) is 0 Å². The third-order valence-electron chi connectivity index (χ3n) is 1.70. The summed E-state index contributed by atoms with van der Waals surface area (Å²) in [6, 6.07) is 6.27. The predicted molar refractivity (Wildman–Crippen MR) is 56.2 cm³/mol. The molecule has 14 heavy (non-hydrogen) atoms. The van der Waals surface area contributed by atoms with Crippen LogP contribution < -0.4 is 5.46 Å². The fraction of sp³-hybridized carbons (Fsp3) is 0. The highest BCUT2D eigenvalue weighted by molar-refractivity contribution is 6.58. The molecule has 0 bridgehead atoms. The molecule has 0 heterocycles. The van der Waals surface area contributed by atoms with Gasteiger partial charge in [-0.25, -0.2) is 0 Å². The molecule has 1 aromatic carbocycles. The van der Waals surface area contributed by atoms with Crippen LogP contribution in [-0.4, -0.2) is 23.5 Å². The fourth-order valence-electron chi connectivity index (χ4n) is 0.970. The van der Waals surface area contributed by atoms with E-state index in [1.54, 1.807) is 12.1 Å². The summed E-state index contributed by atoms with van der Waals surface area (Å²) < 4.78 is 0. The average molecular weight is 210 g/mol. The molecule has 0 saturated carbocycles. The van der Waals surface area contributed by atoms with Crippen molar-refractivity contribution in [2.45, 2.75) is 0 Å². The van der Waals surface area contributed by atoms with E-state index < -0.39 is 7.12 Å². The first-order valence-electron chi connectivity index (χ1n) is 3.92. The van der Waals surface area contributed by atoms with Gasteiger partial charge in [0.25, 0.3) is 0 Å². The second kappa shape index (κ2) is 4.95. The number of halogens is 1. The van der Waals surface area contributed by atoms with Crippen molar-refractivity contribution in [1.82, 2.24) is 0 Å². The first-order valence-corrected chi connectivity index (χ1v) is 4.30. The van der Waals surface area contributed by atoms with Gasteiger partial charge in [-0.05, 0) is 17.1 Å². The normalized spacial score (nSPS) is 11.2.